The van der Waals surface area contributed by atoms with Crippen molar-refractivity contribution in [3.05, 3.63) is 0 Å². The minimum absolute atomic E-state index is 0.0415. The van der Waals surface area contributed by atoms with E-state index in [2.05, 4.69) is 28.5 Å². The Morgan fingerprint density at radius 3 is 2.80 bits per heavy atom. The maximum Gasteiger partial charge on any atom is 0.234 e. The quantitative estimate of drug-likeness (QED) is 0.481. The van der Waals surface area contributed by atoms with Crippen molar-refractivity contribution < 1.29 is 4.79 Å². The van der Waals surface area contributed by atoms with Gasteiger partial charge in [-0.3, -0.25) is 10.1 Å². The van der Waals surface area contributed by atoms with Crippen molar-refractivity contribution in [2.75, 3.05) is 33.2 Å². The average molecular weight is 209 g/mol. The molecule has 1 aliphatic heterocycles. The summed E-state index contributed by atoms with van der Waals surface area (Å²) in [5.74, 6) is 2.48. The molecule has 0 aliphatic carbocycles. The Bertz CT molecular complexity index is 239. The standard InChI is InChI=1S/C11H19N3O/c1-3-6-12-9-11(15)13-10-4-7-14(2)8-5-10/h1,10,12H,4-9H2,2H3,(H,13,15). The lowest BCUT2D eigenvalue weighted by Gasteiger charge is -2.29. The van der Waals surface area contributed by atoms with Crippen LogP contribution in [0.1, 0.15) is 12.8 Å². The summed E-state index contributed by atoms with van der Waals surface area (Å²) in [6.07, 6.45) is 7.14. The van der Waals surface area contributed by atoms with Gasteiger partial charge in [0.25, 0.3) is 0 Å². The molecule has 1 saturated heterocycles. The number of carbonyl (C=O) groups is 1. The molecule has 0 unspecified atom stereocenters. The smallest absolute Gasteiger partial charge is 0.234 e. The van der Waals surface area contributed by atoms with Crippen molar-refractivity contribution in [3.8, 4) is 12.3 Å². The number of hydrogen-bond acceptors (Lipinski definition) is 3. The van der Waals surface area contributed by atoms with Crippen LogP contribution in [-0.4, -0.2) is 50.1 Å². The lowest BCUT2D eigenvalue weighted by Crippen LogP contribution is -2.46. The number of nitrogens with zero attached hydrogens (tertiary/aromatic N) is 1. The van der Waals surface area contributed by atoms with Crippen molar-refractivity contribution in [1.29, 1.82) is 0 Å². The van der Waals surface area contributed by atoms with Gasteiger partial charge in [-0.2, -0.15) is 0 Å². The summed E-state index contributed by atoms with van der Waals surface area (Å²) < 4.78 is 0. The van der Waals surface area contributed by atoms with E-state index in [1.165, 1.54) is 0 Å². The van der Waals surface area contributed by atoms with Crippen LogP contribution >= 0.6 is 0 Å². The number of rotatable bonds is 4. The molecule has 1 heterocycles. The minimum atomic E-state index is 0.0415. The Hall–Kier alpha value is -1.05. The van der Waals surface area contributed by atoms with E-state index in [1.54, 1.807) is 0 Å². The van der Waals surface area contributed by atoms with E-state index in [4.69, 9.17) is 6.42 Å². The van der Waals surface area contributed by atoms with E-state index in [-0.39, 0.29) is 5.91 Å². The predicted molar refractivity (Wildman–Crippen MR) is 60.4 cm³/mol. The second kappa shape index (κ2) is 6.44. The molecule has 15 heavy (non-hydrogen) atoms. The van der Waals surface area contributed by atoms with Crippen LogP contribution in [-0.2, 0) is 4.79 Å². The van der Waals surface area contributed by atoms with Gasteiger partial charge in [-0.15, -0.1) is 6.42 Å². The maximum absolute atomic E-state index is 11.4. The van der Waals surface area contributed by atoms with Crippen molar-refractivity contribution in [1.82, 2.24) is 15.5 Å². The molecule has 84 valence electrons. The van der Waals surface area contributed by atoms with Gasteiger partial charge in [0.05, 0.1) is 13.1 Å². The fourth-order valence-electron chi connectivity index (χ4n) is 1.68. The zero-order chi connectivity index (χ0) is 11.1. The minimum Gasteiger partial charge on any atom is -0.352 e. The zero-order valence-corrected chi connectivity index (χ0v) is 9.25. The van der Waals surface area contributed by atoms with Crippen LogP contribution in [0.3, 0.4) is 0 Å². The fourth-order valence-corrected chi connectivity index (χ4v) is 1.68. The molecular formula is C11H19N3O. The highest BCUT2D eigenvalue weighted by Gasteiger charge is 2.17. The molecule has 1 fully saturated rings. The van der Waals surface area contributed by atoms with Crippen LogP contribution in [0.2, 0.25) is 0 Å². The molecule has 0 aromatic rings. The number of carbonyl (C=O) groups excluding carboxylic acids is 1. The Kier molecular flexibility index (Phi) is 5.16. The first-order valence-corrected chi connectivity index (χ1v) is 5.34. The topological polar surface area (TPSA) is 44.4 Å². The molecule has 0 radical (unpaired) electrons. The molecule has 0 saturated carbocycles. The average Bonchev–Trinajstić information content (AvgIpc) is 2.22. The van der Waals surface area contributed by atoms with E-state index in [9.17, 15) is 4.79 Å². The van der Waals surface area contributed by atoms with E-state index in [1.807, 2.05) is 0 Å². The lowest BCUT2D eigenvalue weighted by atomic mass is 10.1. The van der Waals surface area contributed by atoms with Gasteiger partial charge in [-0.05, 0) is 33.0 Å². The van der Waals surface area contributed by atoms with Crippen LogP contribution in [0.25, 0.3) is 0 Å². The molecule has 0 atom stereocenters. The Balaban J connectivity index is 2.13. The molecule has 1 amide bonds. The van der Waals surface area contributed by atoms with Gasteiger partial charge >= 0.3 is 0 Å². The Morgan fingerprint density at radius 1 is 1.53 bits per heavy atom. The van der Waals surface area contributed by atoms with Crippen molar-refractivity contribution in [3.63, 3.8) is 0 Å². The molecule has 0 spiro atoms. The molecule has 1 aliphatic rings. The van der Waals surface area contributed by atoms with Gasteiger partial charge in [0.1, 0.15) is 0 Å². The molecule has 0 aromatic heterocycles. The first kappa shape index (κ1) is 12.0. The highest BCUT2D eigenvalue weighted by atomic mass is 16.1. The van der Waals surface area contributed by atoms with Gasteiger partial charge in [0.2, 0.25) is 5.91 Å². The summed E-state index contributed by atoms with van der Waals surface area (Å²) in [7, 11) is 2.10. The van der Waals surface area contributed by atoms with Crippen LogP contribution in [0.5, 0.6) is 0 Å². The third-order valence-electron chi connectivity index (χ3n) is 2.60. The third kappa shape index (κ3) is 4.82. The molecule has 1 rings (SSSR count). The number of nitrogens with one attached hydrogen (secondary N) is 2. The van der Waals surface area contributed by atoms with E-state index in [0.717, 1.165) is 25.9 Å². The monoisotopic (exact) mass is 209 g/mol. The van der Waals surface area contributed by atoms with Crippen molar-refractivity contribution in [2.45, 2.75) is 18.9 Å². The summed E-state index contributed by atoms with van der Waals surface area (Å²) in [6.45, 7) is 2.88. The van der Waals surface area contributed by atoms with Crippen LogP contribution in [0.15, 0.2) is 0 Å². The van der Waals surface area contributed by atoms with E-state index < -0.39 is 0 Å². The first-order valence-electron chi connectivity index (χ1n) is 5.34. The largest absolute Gasteiger partial charge is 0.352 e. The SMILES string of the molecule is C#CCNCC(=O)NC1CCN(C)CC1. The number of likely N-dealkylation sites (tertiary alicyclic amines) is 1. The van der Waals surface area contributed by atoms with Gasteiger partial charge in [0, 0.05) is 6.04 Å². The molecule has 4 heteroatoms. The van der Waals surface area contributed by atoms with Gasteiger partial charge < -0.3 is 10.2 Å². The third-order valence-corrected chi connectivity index (χ3v) is 2.60. The van der Waals surface area contributed by atoms with Gasteiger partial charge in [-0.25, -0.2) is 0 Å². The summed E-state index contributed by atoms with van der Waals surface area (Å²) in [5.41, 5.74) is 0. The highest BCUT2D eigenvalue weighted by molar-refractivity contribution is 5.78. The summed E-state index contributed by atoms with van der Waals surface area (Å²) in [5, 5.41) is 5.88. The normalized spacial score (nSPS) is 18.4. The molecule has 4 nitrogen and oxygen atoms in total. The van der Waals surface area contributed by atoms with Crippen LogP contribution in [0.4, 0.5) is 0 Å². The zero-order valence-electron chi connectivity index (χ0n) is 9.25. The van der Waals surface area contributed by atoms with E-state index in [0.29, 0.717) is 19.1 Å². The second-order valence-corrected chi connectivity index (χ2v) is 3.95. The number of amides is 1. The maximum atomic E-state index is 11.4. The summed E-state index contributed by atoms with van der Waals surface area (Å²) >= 11 is 0. The van der Waals surface area contributed by atoms with Gasteiger partial charge in [-0.1, -0.05) is 5.92 Å². The number of hydrogen-bond donors (Lipinski definition) is 2. The number of piperidine rings is 1. The fraction of sp³-hybridized carbons (Fsp3) is 0.727. The number of terminal acetylenes is 1. The second-order valence-electron chi connectivity index (χ2n) is 3.95. The molecule has 0 bridgehead atoms. The Morgan fingerprint density at radius 2 is 2.20 bits per heavy atom. The Labute approximate surface area is 91.4 Å². The first-order chi connectivity index (χ1) is 7.22. The van der Waals surface area contributed by atoms with Crippen molar-refractivity contribution >= 4 is 5.91 Å². The van der Waals surface area contributed by atoms with Crippen LogP contribution < -0.4 is 10.6 Å². The molecule has 0 aromatic carbocycles. The predicted octanol–water partition coefficient (Wildman–Crippen LogP) is -0.580. The highest BCUT2D eigenvalue weighted by Crippen LogP contribution is 2.07. The molecule has 2 N–H and O–H groups in total. The van der Waals surface area contributed by atoms with Crippen LogP contribution in [0, 0.1) is 12.3 Å². The lowest BCUT2D eigenvalue weighted by molar-refractivity contribution is -0.121. The summed E-state index contributed by atoms with van der Waals surface area (Å²) in [6, 6.07) is 0.335. The molecular weight excluding hydrogens is 190 g/mol. The van der Waals surface area contributed by atoms with E-state index >= 15 is 0 Å². The van der Waals surface area contributed by atoms with Crippen molar-refractivity contribution in [2.24, 2.45) is 0 Å². The summed E-state index contributed by atoms with van der Waals surface area (Å²) in [4.78, 5) is 13.7. The van der Waals surface area contributed by atoms with Gasteiger partial charge in [0.15, 0.2) is 0 Å².